The number of carbonyl (C=O) groups is 2. The largest absolute Gasteiger partial charge is 0.458 e. The standard InChI is InChI=1S/C20H22N2O3/c1-21-10-12-4-2-3-5-17(12)19(21)20(24)25-16-8-14-6-13-7-15(9-16)22(14)11-18(13)23/h2-5,10,13-16H,6-9,11H2,1H3. The van der Waals surface area contributed by atoms with E-state index in [9.17, 15) is 9.59 Å². The number of Topliss-reactive ketones (excluding diaryl/α,β-unsaturated/α-hetero) is 1. The van der Waals surface area contributed by atoms with Crippen LogP contribution < -0.4 is 0 Å². The van der Waals surface area contributed by atoms with Crippen LogP contribution in [0.25, 0.3) is 10.8 Å². The van der Waals surface area contributed by atoms with Crippen molar-refractivity contribution in [2.75, 3.05) is 6.54 Å². The minimum Gasteiger partial charge on any atom is -0.458 e. The maximum absolute atomic E-state index is 12.8. The number of hydrogen-bond acceptors (Lipinski definition) is 4. The van der Waals surface area contributed by atoms with Gasteiger partial charge < -0.3 is 9.30 Å². The van der Waals surface area contributed by atoms with Crippen molar-refractivity contribution in [3.8, 4) is 0 Å². The van der Waals surface area contributed by atoms with Gasteiger partial charge in [-0.25, -0.2) is 4.79 Å². The molecule has 6 rings (SSSR count). The summed E-state index contributed by atoms with van der Waals surface area (Å²) in [5, 5.41) is 2.00. The minimum absolute atomic E-state index is 0.0402. The summed E-state index contributed by atoms with van der Waals surface area (Å²) in [5.41, 5.74) is 0.628. The van der Waals surface area contributed by atoms with Crippen molar-refractivity contribution < 1.29 is 14.3 Å². The number of fused-ring (bicyclic) bond motifs is 2. The normalized spacial score (nSPS) is 33.6. The van der Waals surface area contributed by atoms with E-state index in [-0.39, 0.29) is 18.0 Å². The zero-order chi connectivity index (χ0) is 17.1. The van der Waals surface area contributed by atoms with Gasteiger partial charge in [-0.1, -0.05) is 24.3 Å². The first kappa shape index (κ1) is 15.1. The fourth-order valence-electron chi connectivity index (χ4n) is 5.16. The van der Waals surface area contributed by atoms with E-state index in [1.165, 1.54) is 0 Å². The number of carbonyl (C=O) groups excluding carboxylic acids is 2. The lowest BCUT2D eigenvalue weighted by molar-refractivity contribution is -0.145. The van der Waals surface area contributed by atoms with Crippen LogP contribution in [-0.2, 0) is 16.6 Å². The molecule has 0 radical (unpaired) electrons. The Balaban J connectivity index is 1.35. The van der Waals surface area contributed by atoms with Crippen LogP contribution in [0, 0.1) is 5.92 Å². The molecular formula is C20H22N2O3. The van der Waals surface area contributed by atoms with Crippen molar-refractivity contribution in [1.82, 2.24) is 9.47 Å². The first-order valence-corrected chi connectivity index (χ1v) is 9.13. The third-order valence-corrected chi connectivity index (χ3v) is 6.28. The van der Waals surface area contributed by atoms with Gasteiger partial charge in [0.05, 0.1) is 6.54 Å². The highest BCUT2D eigenvalue weighted by atomic mass is 16.5. The van der Waals surface area contributed by atoms with Crippen LogP contribution in [0.4, 0.5) is 0 Å². The monoisotopic (exact) mass is 338 g/mol. The molecule has 1 aromatic heterocycles. The second kappa shape index (κ2) is 5.43. The van der Waals surface area contributed by atoms with Crippen molar-refractivity contribution in [2.24, 2.45) is 13.0 Å². The first-order chi connectivity index (χ1) is 12.1. The Morgan fingerprint density at radius 2 is 1.84 bits per heavy atom. The van der Waals surface area contributed by atoms with Crippen molar-refractivity contribution >= 4 is 22.5 Å². The van der Waals surface area contributed by atoms with E-state index in [1.807, 2.05) is 42.1 Å². The first-order valence-electron chi connectivity index (χ1n) is 9.13. The summed E-state index contributed by atoms with van der Waals surface area (Å²) in [6.45, 7) is 0.600. The van der Waals surface area contributed by atoms with E-state index >= 15 is 0 Å². The smallest absolute Gasteiger partial charge is 0.355 e. The Labute approximate surface area is 146 Å². The molecule has 130 valence electrons. The SMILES string of the molecule is Cn1cc2ccccc2c1C(=O)OC1CC2CC3CC(C1)N2CC3=O. The summed E-state index contributed by atoms with van der Waals surface area (Å²) in [7, 11) is 1.89. The molecule has 4 aliphatic heterocycles. The van der Waals surface area contributed by atoms with E-state index in [1.54, 1.807) is 0 Å². The Bertz CT molecular complexity index is 855. The maximum Gasteiger partial charge on any atom is 0.355 e. The molecule has 4 bridgehead atoms. The van der Waals surface area contributed by atoms with Gasteiger partial charge >= 0.3 is 5.97 Å². The van der Waals surface area contributed by atoms with Crippen LogP contribution in [-0.4, -0.2) is 46.0 Å². The van der Waals surface area contributed by atoms with Crippen LogP contribution in [0.3, 0.4) is 0 Å². The highest BCUT2D eigenvalue weighted by Crippen LogP contribution is 2.42. The predicted octanol–water partition coefficient (Wildman–Crippen LogP) is 2.53. The van der Waals surface area contributed by atoms with E-state index in [0.29, 0.717) is 30.1 Å². The highest BCUT2D eigenvalue weighted by molar-refractivity contribution is 6.03. The number of aryl methyl sites for hydroxylation is 1. The van der Waals surface area contributed by atoms with E-state index in [4.69, 9.17) is 4.74 Å². The van der Waals surface area contributed by atoms with Gasteiger partial charge in [0.1, 0.15) is 17.6 Å². The number of ketones is 1. The zero-order valence-electron chi connectivity index (χ0n) is 14.4. The molecule has 4 saturated heterocycles. The van der Waals surface area contributed by atoms with E-state index in [2.05, 4.69) is 4.90 Å². The molecule has 0 amide bonds. The Morgan fingerprint density at radius 1 is 1.12 bits per heavy atom. The third-order valence-electron chi connectivity index (χ3n) is 6.28. The number of benzene rings is 1. The molecular weight excluding hydrogens is 316 g/mol. The van der Waals surface area contributed by atoms with E-state index in [0.717, 1.165) is 36.5 Å². The van der Waals surface area contributed by atoms with Gasteiger partial charge in [-0.3, -0.25) is 9.69 Å². The Hall–Kier alpha value is -2.14. The molecule has 5 heteroatoms. The molecule has 25 heavy (non-hydrogen) atoms. The molecule has 0 spiro atoms. The van der Waals surface area contributed by atoms with Gasteiger partial charge in [0.2, 0.25) is 0 Å². The van der Waals surface area contributed by atoms with Crippen LogP contribution in [0.2, 0.25) is 0 Å². The number of esters is 1. The molecule has 4 aliphatic rings. The van der Waals surface area contributed by atoms with Crippen molar-refractivity contribution in [3.63, 3.8) is 0 Å². The third kappa shape index (κ3) is 2.33. The second-order valence-corrected chi connectivity index (χ2v) is 7.79. The summed E-state index contributed by atoms with van der Waals surface area (Å²) in [6, 6.07) is 8.71. The summed E-state index contributed by atoms with van der Waals surface area (Å²) >= 11 is 0. The zero-order valence-corrected chi connectivity index (χ0v) is 14.4. The number of piperidine rings is 4. The summed E-state index contributed by atoms with van der Waals surface area (Å²) in [4.78, 5) is 27.1. The molecule has 5 heterocycles. The molecule has 0 N–H and O–H groups in total. The summed E-state index contributed by atoms with van der Waals surface area (Å²) in [6.07, 6.45) is 5.52. The van der Waals surface area contributed by atoms with Crippen LogP contribution in [0.15, 0.2) is 30.5 Å². The molecule has 2 unspecified atom stereocenters. The Kier molecular flexibility index (Phi) is 3.29. The fourth-order valence-corrected chi connectivity index (χ4v) is 5.16. The molecule has 0 saturated carbocycles. The lowest BCUT2D eigenvalue weighted by Gasteiger charge is -2.54. The second-order valence-electron chi connectivity index (χ2n) is 7.79. The maximum atomic E-state index is 12.8. The Morgan fingerprint density at radius 3 is 2.56 bits per heavy atom. The van der Waals surface area contributed by atoms with Crippen molar-refractivity contribution in [1.29, 1.82) is 0 Å². The molecule has 4 fully saturated rings. The number of nitrogens with zero attached hydrogens (tertiary/aromatic N) is 2. The topological polar surface area (TPSA) is 51.5 Å². The molecule has 0 aliphatic carbocycles. The van der Waals surface area contributed by atoms with Crippen LogP contribution in [0.5, 0.6) is 0 Å². The van der Waals surface area contributed by atoms with Gasteiger partial charge in [-0.2, -0.15) is 0 Å². The number of rotatable bonds is 2. The van der Waals surface area contributed by atoms with Crippen LogP contribution in [0.1, 0.15) is 36.2 Å². The van der Waals surface area contributed by atoms with Crippen molar-refractivity contribution in [2.45, 2.75) is 43.9 Å². The van der Waals surface area contributed by atoms with Gasteiger partial charge in [-0.15, -0.1) is 0 Å². The molecule has 2 atom stereocenters. The van der Waals surface area contributed by atoms with Gasteiger partial charge in [0, 0.05) is 54.9 Å². The fraction of sp³-hybridized carbons (Fsp3) is 0.500. The average molecular weight is 338 g/mol. The lowest BCUT2D eigenvalue weighted by atomic mass is 9.72. The van der Waals surface area contributed by atoms with Gasteiger partial charge in [0.15, 0.2) is 0 Å². The number of hydrogen-bond donors (Lipinski definition) is 0. The summed E-state index contributed by atoms with van der Waals surface area (Å²) < 4.78 is 7.79. The highest BCUT2D eigenvalue weighted by Gasteiger charge is 2.49. The molecule has 5 nitrogen and oxygen atoms in total. The minimum atomic E-state index is -0.232. The van der Waals surface area contributed by atoms with Gasteiger partial charge in [0.25, 0.3) is 0 Å². The number of aromatic nitrogens is 1. The number of ether oxygens (including phenoxy) is 1. The summed E-state index contributed by atoms with van der Waals surface area (Å²) in [5.74, 6) is 0.414. The van der Waals surface area contributed by atoms with Crippen molar-refractivity contribution in [3.05, 3.63) is 36.2 Å². The molecule has 1 aromatic carbocycles. The van der Waals surface area contributed by atoms with Crippen LogP contribution >= 0.6 is 0 Å². The average Bonchev–Trinajstić information content (AvgIpc) is 2.90. The molecule has 2 aromatic rings. The predicted molar refractivity (Wildman–Crippen MR) is 93.4 cm³/mol. The van der Waals surface area contributed by atoms with E-state index < -0.39 is 0 Å². The van der Waals surface area contributed by atoms with Gasteiger partial charge in [-0.05, 0) is 12.8 Å². The lowest BCUT2D eigenvalue weighted by Crippen LogP contribution is -2.63. The quantitative estimate of drug-likeness (QED) is 0.790.